The first-order valence-corrected chi connectivity index (χ1v) is 19.1. The zero-order valence-electron chi connectivity index (χ0n) is 27.3. The molecule has 8 nitrogen and oxygen atoms in total. The zero-order valence-corrected chi connectivity index (χ0v) is 28.9. The Morgan fingerprint density at radius 1 is 1.07 bits per heavy atom. The number of carbonyl (C=O) groups is 1. The van der Waals surface area contributed by atoms with E-state index in [0.29, 0.717) is 28.8 Å². The molecule has 0 radical (unpaired) electrons. The van der Waals surface area contributed by atoms with Gasteiger partial charge in [0.25, 0.3) is 5.91 Å². The van der Waals surface area contributed by atoms with E-state index in [2.05, 4.69) is 58.9 Å². The summed E-state index contributed by atoms with van der Waals surface area (Å²) in [4.78, 5) is 27.4. The maximum atomic E-state index is 13.8. The zero-order chi connectivity index (χ0) is 32.5. The molecule has 1 aliphatic heterocycles. The number of fused-ring (bicyclic) bond motifs is 2. The molecule has 1 saturated heterocycles. The van der Waals surface area contributed by atoms with Gasteiger partial charge in [0.2, 0.25) is 10.0 Å². The third-order valence-electron chi connectivity index (χ3n) is 9.65. The second-order valence-electron chi connectivity index (χ2n) is 14.1. The van der Waals surface area contributed by atoms with Crippen LogP contribution in [0.2, 0.25) is 0 Å². The summed E-state index contributed by atoms with van der Waals surface area (Å²) in [5, 5.41) is 4.32. The average molecular weight is 660 g/mol. The van der Waals surface area contributed by atoms with E-state index in [4.69, 9.17) is 4.98 Å². The Balaban J connectivity index is 1.18. The van der Waals surface area contributed by atoms with Crippen LogP contribution in [-0.2, 0) is 22.9 Å². The van der Waals surface area contributed by atoms with E-state index in [-0.39, 0.29) is 17.4 Å². The van der Waals surface area contributed by atoms with Crippen LogP contribution in [0.15, 0.2) is 60.8 Å². The minimum atomic E-state index is -3.43. The number of rotatable bonds is 9. The molecule has 2 atom stereocenters. The lowest BCUT2D eigenvalue weighted by Gasteiger charge is -2.34. The van der Waals surface area contributed by atoms with Crippen LogP contribution in [0.5, 0.6) is 0 Å². The van der Waals surface area contributed by atoms with Crippen molar-refractivity contribution in [3.63, 3.8) is 0 Å². The molecule has 46 heavy (non-hydrogen) atoms. The summed E-state index contributed by atoms with van der Waals surface area (Å²) >= 11 is 1.45. The molecule has 0 spiro atoms. The number of pyridine rings is 2. The van der Waals surface area contributed by atoms with Crippen molar-refractivity contribution < 1.29 is 13.2 Å². The van der Waals surface area contributed by atoms with Crippen LogP contribution >= 0.6 is 11.3 Å². The first-order valence-electron chi connectivity index (χ1n) is 16.4. The van der Waals surface area contributed by atoms with Gasteiger partial charge in [0.05, 0.1) is 17.2 Å². The van der Waals surface area contributed by atoms with E-state index in [1.54, 1.807) is 6.07 Å². The van der Waals surface area contributed by atoms with Crippen LogP contribution in [0.4, 0.5) is 5.69 Å². The molecule has 6 rings (SSSR count). The van der Waals surface area contributed by atoms with E-state index >= 15 is 0 Å². The van der Waals surface area contributed by atoms with E-state index in [1.165, 1.54) is 22.6 Å². The van der Waals surface area contributed by atoms with Gasteiger partial charge in [0, 0.05) is 41.1 Å². The molecule has 3 aromatic heterocycles. The number of hydrogen-bond acceptors (Lipinski definition) is 7. The summed E-state index contributed by atoms with van der Waals surface area (Å²) < 4.78 is 26.5. The lowest BCUT2D eigenvalue weighted by Crippen LogP contribution is -2.36. The van der Waals surface area contributed by atoms with Crippen LogP contribution < -0.4 is 10.0 Å². The average Bonchev–Trinajstić information content (AvgIpc) is 3.44. The van der Waals surface area contributed by atoms with Crippen molar-refractivity contribution in [1.82, 2.24) is 20.2 Å². The molecule has 1 fully saturated rings. The van der Waals surface area contributed by atoms with Crippen molar-refractivity contribution in [3.05, 3.63) is 88.2 Å². The predicted octanol–water partition coefficient (Wildman–Crippen LogP) is 6.95. The maximum absolute atomic E-state index is 13.8. The van der Waals surface area contributed by atoms with Gasteiger partial charge in [-0.05, 0) is 110 Å². The van der Waals surface area contributed by atoms with Gasteiger partial charge in [-0.1, -0.05) is 39.0 Å². The molecule has 2 aliphatic rings. The van der Waals surface area contributed by atoms with Crippen LogP contribution in [-0.4, -0.2) is 55.1 Å². The highest BCUT2D eigenvalue weighted by Crippen LogP contribution is 2.38. The molecular formula is C36H45N5O3S2. The lowest BCUT2D eigenvalue weighted by molar-refractivity contribution is 0.0933. The molecule has 1 aromatic carbocycles. The quantitative estimate of drug-likeness (QED) is 0.202. The fourth-order valence-electron chi connectivity index (χ4n) is 6.94. The smallest absolute Gasteiger partial charge is 0.261 e. The molecule has 10 heteroatoms. The third-order valence-corrected chi connectivity index (χ3v) is 11.3. The van der Waals surface area contributed by atoms with Crippen LogP contribution in [0, 0.1) is 11.3 Å². The Morgan fingerprint density at radius 3 is 2.59 bits per heavy atom. The number of likely N-dealkylation sites (tertiary alicyclic amines) is 1. The van der Waals surface area contributed by atoms with Gasteiger partial charge in [-0.15, -0.1) is 11.3 Å². The SMILES string of the molecule is CC(C)(C)[C@H]1CCc2nc3sc(C(=O)N[C@H](CCN4CCC(c5ccccn5)CC4)c4cccc(NS(C)(=O)=O)c4)cc3cc2C1. The van der Waals surface area contributed by atoms with E-state index < -0.39 is 10.0 Å². The third kappa shape index (κ3) is 7.96. The summed E-state index contributed by atoms with van der Waals surface area (Å²) in [6, 6.07) is 17.4. The number of carbonyl (C=O) groups excluding carboxylic acids is 1. The highest BCUT2D eigenvalue weighted by molar-refractivity contribution is 7.92. The second-order valence-corrected chi connectivity index (χ2v) is 16.9. The van der Waals surface area contributed by atoms with E-state index in [9.17, 15) is 13.2 Å². The fraction of sp³-hybridized carbons (Fsp3) is 0.472. The molecule has 4 heterocycles. The topological polar surface area (TPSA) is 104 Å². The lowest BCUT2D eigenvalue weighted by atomic mass is 9.71. The molecule has 0 bridgehead atoms. The summed E-state index contributed by atoms with van der Waals surface area (Å²) in [5.74, 6) is 0.960. The van der Waals surface area contributed by atoms with E-state index in [1.807, 2.05) is 36.5 Å². The van der Waals surface area contributed by atoms with Crippen molar-refractivity contribution in [3.8, 4) is 0 Å². The van der Waals surface area contributed by atoms with Gasteiger partial charge in [0.15, 0.2) is 0 Å². The first-order chi connectivity index (χ1) is 21.9. The highest BCUT2D eigenvalue weighted by Gasteiger charge is 2.30. The van der Waals surface area contributed by atoms with Gasteiger partial charge in [-0.3, -0.25) is 14.5 Å². The van der Waals surface area contributed by atoms with Crippen molar-refractivity contribution >= 4 is 43.2 Å². The minimum Gasteiger partial charge on any atom is -0.344 e. The predicted molar refractivity (Wildman–Crippen MR) is 187 cm³/mol. The summed E-state index contributed by atoms with van der Waals surface area (Å²) in [6.45, 7) is 9.71. The molecule has 4 aromatic rings. The molecule has 1 amide bonds. The van der Waals surface area contributed by atoms with Crippen molar-refractivity contribution in [1.29, 1.82) is 0 Å². The number of nitrogens with one attached hydrogen (secondary N) is 2. The molecular weight excluding hydrogens is 615 g/mol. The Labute approximate surface area is 277 Å². The van der Waals surface area contributed by atoms with Gasteiger partial charge in [-0.2, -0.15) is 0 Å². The first kappa shape index (κ1) is 32.6. The van der Waals surface area contributed by atoms with Crippen LogP contribution in [0.25, 0.3) is 10.2 Å². The number of thiophene rings is 1. The molecule has 244 valence electrons. The minimum absolute atomic E-state index is 0.131. The Morgan fingerprint density at radius 2 is 1.87 bits per heavy atom. The van der Waals surface area contributed by atoms with Crippen molar-refractivity contribution in [2.45, 2.75) is 71.3 Å². The molecule has 0 unspecified atom stereocenters. The normalized spacial score (nSPS) is 18.7. The monoisotopic (exact) mass is 659 g/mol. The van der Waals surface area contributed by atoms with Gasteiger partial charge >= 0.3 is 0 Å². The number of amides is 1. The van der Waals surface area contributed by atoms with Gasteiger partial charge in [-0.25, -0.2) is 13.4 Å². The van der Waals surface area contributed by atoms with Gasteiger partial charge < -0.3 is 10.2 Å². The fourth-order valence-corrected chi connectivity index (χ4v) is 8.43. The van der Waals surface area contributed by atoms with Crippen molar-refractivity contribution in [2.24, 2.45) is 11.3 Å². The number of anilines is 1. The highest BCUT2D eigenvalue weighted by atomic mass is 32.2. The number of nitrogens with zero attached hydrogens (tertiary/aromatic N) is 3. The van der Waals surface area contributed by atoms with E-state index in [0.717, 1.165) is 79.5 Å². The van der Waals surface area contributed by atoms with Crippen molar-refractivity contribution in [2.75, 3.05) is 30.6 Å². The molecule has 0 saturated carbocycles. The largest absolute Gasteiger partial charge is 0.344 e. The number of aromatic nitrogens is 2. The Kier molecular flexibility index (Phi) is 9.50. The Bertz CT molecular complexity index is 1790. The maximum Gasteiger partial charge on any atom is 0.261 e. The Hall–Kier alpha value is -3.34. The second kappa shape index (κ2) is 13.4. The molecule has 1 aliphatic carbocycles. The summed E-state index contributed by atoms with van der Waals surface area (Å²) in [5.41, 5.74) is 5.25. The summed E-state index contributed by atoms with van der Waals surface area (Å²) in [6.07, 6.45) is 8.96. The van der Waals surface area contributed by atoms with Gasteiger partial charge in [0.1, 0.15) is 4.83 Å². The number of aryl methyl sites for hydroxylation is 1. The standard InChI is InChI=1S/C36H45N5O3S2/c1-36(2,3)28-11-12-31-26(21-28)20-27-23-33(45-35(27)39-31)34(42)38-32(25-8-7-9-29(22-25)40-46(4,43)44)15-19-41-17-13-24(14-18-41)30-10-5-6-16-37-30/h5-10,16,20,22-24,28,32,40H,11-15,17-19,21H2,1-4H3,(H,38,42)/t28-,32+/m0/s1. The number of sulfonamides is 1. The number of piperidine rings is 1. The van der Waals surface area contributed by atoms with Crippen LogP contribution in [0.1, 0.15) is 90.6 Å². The number of benzene rings is 1. The number of hydrogen-bond donors (Lipinski definition) is 2. The molecule has 2 N–H and O–H groups in total. The van der Waals surface area contributed by atoms with Crippen LogP contribution in [0.3, 0.4) is 0 Å². The summed E-state index contributed by atoms with van der Waals surface area (Å²) in [7, 11) is -3.43.